The van der Waals surface area contributed by atoms with E-state index in [2.05, 4.69) is 20.6 Å². The first-order chi connectivity index (χ1) is 12.7. The van der Waals surface area contributed by atoms with Crippen LogP contribution >= 0.6 is 0 Å². The largest absolute Gasteiger partial charge is 0.438 e. The van der Waals surface area contributed by atoms with E-state index in [0.717, 1.165) is 0 Å². The van der Waals surface area contributed by atoms with Gasteiger partial charge in [0, 0.05) is 18.5 Å². The first kappa shape index (κ1) is 19.7. The van der Waals surface area contributed by atoms with Crippen molar-refractivity contribution in [1.82, 2.24) is 15.3 Å². The summed E-state index contributed by atoms with van der Waals surface area (Å²) in [7, 11) is 0. The number of nitrogens with one attached hydrogen (secondary N) is 2. The summed E-state index contributed by atoms with van der Waals surface area (Å²) in [6, 6.07) is -0.921. The molecule has 150 valence electrons. The second-order valence-electron chi connectivity index (χ2n) is 7.96. The molecule has 3 rings (SSSR count). The zero-order chi connectivity index (χ0) is 19.8. The van der Waals surface area contributed by atoms with E-state index in [9.17, 15) is 15.0 Å². The minimum absolute atomic E-state index is 0.0884. The number of hydrogen-bond donors (Lipinski definition) is 5. The number of esters is 1. The Morgan fingerprint density at radius 2 is 2.07 bits per heavy atom. The zero-order valence-corrected chi connectivity index (χ0v) is 15.7. The number of rotatable bonds is 5. The van der Waals surface area contributed by atoms with Gasteiger partial charge in [-0.15, -0.1) is 0 Å². The smallest absolute Gasteiger partial charge is 0.313 e. The molecule has 6 N–H and O–H groups in total. The third kappa shape index (κ3) is 3.98. The Morgan fingerprint density at radius 1 is 1.33 bits per heavy atom. The van der Waals surface area contributed by atoms with Crippen LogP contribution in [0.15, 0.2) is 6.33 Å². The molecule has 1 aromatic heterocycles. The molecule has 2 aliphatic rings. The highest BCUT2D eigenvalue weighted by atomic mass is 16.7. The van der Waals surface area contributed by atoms with Gasteiger partial charge in [0.15, 0.2) is 12.6 Å². The molecule has 0 aromatic carbocycles. The first-order valence-corrected chi connectivity index (χ1v) is 8.91. The molecule has 0 amide bonds. The van der Waals surface area contributed by atoms with Crippen molar-refractivity contribution in [3.05, 3.63) is 12.0 Å². The number of nitrogen functional groups attached to an aromatic ring is 1. The molecule has 10 heteroatoms. The second kappa shape index (κ2) is 7.55. The second-order valence-corrected chi connectivity index (χ2v) is 7.96. The summed E-state index contributed by atoms with van der Waals surface area (Å²) in [4.78, 5) is 19.9. The Labute approximate surface area is 157 Å². The van der Waals surface area contributed by atoms with Gasteiger partial charge in [-0.25, -0.2) is 9.97 Å². The van der Waals surface area contributed by atoms with Crippen LogP contribution in [-0.2, 0) is 14.3 Å². The Balaban J connectivity index is 1.56. The lowest BCUT2D eigenvalue weighted by Crippen LogP contribution is -2.41. The molecule has 1 unspecified atom stereocenters. The lowest BCUT2D eigenvalue weighted by Gasteiger charge is -2.22. The summed E-state index contributed by atoms with van der Waals surface area (Å²) >= 11 is 0. The van der Waals surface area contributed by atoms with Crippen LogP contribution in [0.5, 0.6) is 0 Å². The molecule has 0 radical (unpaired) electrons. The molecule has 27 heavy (non-hydrogen) atoms. The van der Waals surface area contributed by atoms with Gasteiger partial charge < -0.3 is 36.1 Å². The van der Waals surface area contributed by atoms with Crippen LogP contribution in [0.3, 0.4) is 0 Å². The third-order valence-electron chi connectivity index (χ3n) is 4.91. The highest BCUT2D eigenvalue weighted by Gasteiger charge is 2.47. The first-order valence-electron chi connectivity index (χ1n) is 8.91. The molecule has 0 aliphatic carbocycles. The molecule has 1 saturated heterocycles. The molecule has 2 aliphatic heterocycles. The van der Waals surface area contributed by atoms with Gasteiger partial charge in [-0.1, -0.05) is 0 Å². The standard InChI is InChI=1S/C17H27N5O5/c1-17(2,3)16(25)27-7-26-5-9-13(23)14(24)11(22-9)8-4-19-12-10(8)20-6-21-15(12)18/h6,8-9,11,13-14,19,22-24H,4-5,7H2,1-3H3,(H2,18,20,21)/t8?,9-,11+,13-,14+/m1/s1. The maximum Gasteiger partial charge on any atom is 0.313 e. The van der Waals surface area contributed by atoms with Gasteiger partial charge in [0.1, 0.15) is 6.33 Å². The average molecular weight is 381 g/mol. The van der Waals surface area contributed by atoms with E-state index >= 15 is 0 Å². The van der Waals surface area contributed by atoms with Crippen LogP contribution in [0, 0.1) is 5.41 Å². The fraction of sp³-hybridized carbons (Fsp3) is 0.706. The van der Waals surface area contributed by atoms with E-state index in [1.54, 1.807) is 20.8 Å². The number of fused-ring (bicyclic) bond motifs is 1. The van der Waals surface area contributed by atoms with Crippen LogP contribution in [0.2, 0.25) is 0 Å². The van der Waals surface area contributed by atoms with E-state index in [1.165, 1.54) is 6.33 Å². The quantitative estimate of drug-likeness (QED) is 0.249. The summed E-state index contributed by atoms with van der Waals surface area (Å²) in [5.74, 6) is -0.180. The van der Waals surface area contributed by atoms with E-state index in [4.69, 9.17) is 15.2 Å². The fourth-order valence-electron chi connectivity index (χ4n) is 3.36. The minimum atomic E-state index is -1.02. The van der Waals surface area contributed by atoms with Gasteiger partial charge in [-0.2, -0.15) is 0 Å². The molecule has 3 heterocycles. The summed E-state index contributed by atoms with van der Waals surface area (Å²) in [5.41, 5.74) is 6.62. The Kier molecular flexibility index (Phi) is 5.52. The van der Waals surface area contributed by atoms with Crippen LogP contribution < -0.4 is 16.4 Å². The van der Waals surface area contributed by atoms with E-state index in [0.29, 0.717) is 23.7 Å². The van der Waals surface area contributed by atoms with Crippen molar-refractivity contribution in [3.63, 3.8) is 0 Å². The lowest BCUT2D eigenvalue weighted by atomic mass is 9.93. The van der Waals surface area contributed by atoms with Gasteiger partial charge >= 0.3 is 5.97 Å². The van der Waals surface area contributed by atoms with Gasteiger partial charge in [0.05, 0.1) is 41.7 Å². The van der Waals surface area contributed by atoms with Crippen molar-refractivity contribution in [2.75, 3.05) is 31.0 Å². The summed E-state index contributed by atoms with van der Waals surface area (Å²) in [5, 5.41) is 27.2. The molecule has 1 fully saturated rings. The maximum absolute atomic E-state index is 11.7. The SMILES string of the molecule is CC(C)(C)C(=O)OCOC[C@H]1N[C@@H](C2CNc3c(N)ncnc32)[C@H](O)[C@@H]1O. The van der Waals surface area contributed by atoms with Crippen LogP contribution in [-0.4, -0.2) is 70.4 Å². The van der Waals surface area contributed by atoms with Gasteiger partial charge in [-0.3, -0.25) is 4.79 Å². The minimum Gasteiger partial charge on any atom is -0.438 e. The topological polar surface area (TPSA) is 152 Å². The van der Waals surface area contributed by atoms with E-state index in [-0.39, 0.29) is 25.3 Å². The molecule has 10 nitrogen and oxygen atoms in total. The number of anilines is 2. The lowest BCUT2D eigenvalue weighted by molar-refractivity contribution is -0.166. The summed E-state index contributed by atoms with van der Waals surface area (Å²) in [6.45, 7) is 5.66. The highest BCUT2D eigenvalue weighted by molar-refractivity contribution is 5.75. The molecular weight excluding hydrogens is 354 g/mol. The van der Waals surface area contributed by atoms with Crippen LogP contribution in [0.1, 0.15) is 32.4 Å². The number of carbonyl (C=O) groups is 1. The highest BCUT2D eigenvalue weighted by Crippen LogP contribution is 2.37. The number of aliphatic hydroxyl groups excluding tert-OH is 2. The van der Waals surface area contributed by atoms with Crippen molar-refractivity contribution in [3.8, 4) is 0 Å². The summed E-state index contributed by atoms with van der Waals surface area (Å²) in [6.07, 6.45) is -0.628. The van der Waals surface area contributed by atoms with Crippen molar-refractivity contribution in [1.29, 1.82) is 0 Å². The Morgan fingerprint density at radius 3 is 2.78 bits per heavy atom. The Bertz CT molecular complexity index is 695. The molecule has 0 spiro atoms. The van der Waals surface area contributed by atoms with Crippen LogP contribution in [0.4, 0.5) is 11.5 Å². The number of carbonyl (C=O) groups excluding carboxylic acids is 1. The van der Waals surface area contributed by atoms with Gasteiger partial charge in [0.25, 0.3) is 0 Å². The normalized spacial score (nSPS) is 30.0. The molecule has 1 aromatic rings. The van der Waals surface area contributed by atoms with E-state index < -0.39 is 29.7 Å². The van der Waals surface area contributed by atoms with Crippen LogP contribution in [0.25, 0.3) is 0 Å². The number of nitrogens with two attached hydrogens (primary N) is 1. The monoisotopic (exact) mass is 381 g/mol. The Hall–Kier alpha value is -2.01. The molecule has 0 bridgehead atoms. The maximum atomic E-state index is 11.7. The number of hydrogen-bond acceptors (Lipinski definition) is 10. The average Bonchev–Trinajstić information content (AvgIpc) is 3.14. The predicted molar refractivity (Wildman–Crippen MR) is 96.8 cm³/mol. The number of nitrogens with zero attached hydrogens (tertiary/aromatic N) is 2. The number of aliphatic hydroxyl groups is 2. The van der Waals surface area contributed by atoms with Crippen molar-refractivity contribution < 1.29 is 24.5 Å². The van der Waals surface area contributed by atoms with Gasteiger partial charge in [0.2, 0.25) is 0 Å². The zero-order valence-electron chi connectivity index (χ0n) is 15.7. The van der Waals surface area contributed by atoms with Crippen molar-refractivity contribution >= 4 is 17.5 Å². The molecular formula is C17H27N5O5. The molecule has 0 saturated carbocycles. The number of aromatic nitrogens is 2. The van der Waals surface area contributed by atoms with E-state index in [1.807, 2.05) is 0 Å². The predicted octanol–water partition coefficient (Wildman–Crippen LogP) is -0.806. The van der Waals surface area contributed by atoms with Crippen molar-refractivity contribution in [2.45, 2.75) is 51.0 Å². The van der Waals surface area contributed by atoms with Crippen molar-refractivity contribution in [2.24, 2.45) is 5.41 Å². The molecule has 5 atom stereocenters. The number of ether oxygens (including phenoxy) is 2. The summed E-state index contributed by atoms with van der Waals surface area (Å²) < 4.78 is 10.4. The third-order valence-corrected chi connectivity index (χ3v) is 4.91. The van der Waals surface area contributed by atoms with Gasteiger partial charge in [-0.05, 0) is 20.8 Å². The fourth-order valence-corrected chi connectivity index (χ4v) is 3.36.